The Kier molecular flexibility index (Phi) is 6.70. The number of hydrogen-bond donors (Lipinski definition) is 1. The van der Waals surface area contributed by atoms with Gasteiger partial charge in [0.15, 0.2) is 0 Å². The fourth-order valence-corrected chi connectivity index (χ4v) is 2.23. The third kappa shape index (κ3) is 8.27. The summed E-state index contributed by atoms with van der Waals surface area (Å²) < 4.78 is 4.99. The lowest BCUT2D eigenvalue weighted by atomic mass is 9.78. The molecule has 0 radical (unpaired) electrons. The van der Waals surface area contributed by atoms with Crippen LogP contribution in [-0.4, -0.2) is 28.1 Å². The van der Waals surface area contributed by atoms with Gasteiger partial charge in [0.25, 0.3) is 0 Å². The first-order valence-electron chi connectivity index (χ1n) is 7.45. The Hall–Kier alpha value is -0.810. The van der Waals surface area contributed by atoms with Gasteiger partial charge in [0, 0.05) is 0 Å². The minimum Gasteiger partial charge on any atom is -0.450 e. The summed E-state index contributed by atoms with van der Waals surface area (Å²) in [5.41, 5.74) is -1.57. The fraction of sp³-hybridized carbons (Fsp3) is 0.938. The molecular formula is C16H32O5. The van der Waals surface area contributed by atoms with Gasteiger partial charge in [-0.1, -0.05) is 13.8 Å². The van der Waals surface area contributed by atoms with E-state index >= 15 is 0 Å². The van der Waals surface area contributed by atoms with Gasteiger partial charge in [0.2, 0.25) is 0 Å². The molecule has 0 aromatic heterocycles. The highest BCUT2D eigenvalue weighted by molar-refractivity contribution is 5.57. The lowest BCUT2D eigenvalue weighted by Crippen LogP contribution is -2.41. The van der Waals surface area contributed by atoms with E-state index in [1.807, 2.05) is 41.5 Å². The SMILES string of the molecule is CC(CC(C)(C)OOC(C)(C)C)C(C)C(C)(C)OC(=O)O. The normalized spacial score (nSPS) is 16.4. The van der Waals surface area contributed by atoms with Gasteiger partial charge >= 0.3 is 6.16 Å². The third-order valence-electron chi connectivity index (χ3n) is 3.63. The van der Waals surface area contributed by atoms with E-state index in [2.05, 4.69) is 6.92 Å². The monoisotopic (exact) mass is 304 g/mol. The van der Waals surface area contributed by atoms with Crippen LogP contribution < -0.4 is 0 Å². The van der Waals surface area contributed by atoms with E-state index in [9.17, 15) is 4.79 Å². The Balaban J connectivity index is 4.64. The second kappa shape index (κ2) is 6.97. The highest BCUT2D eigenvalue weighted by Gasteiger charge is 2.37. The Morgan fingerprint density at radius 2 is 1.48 bits per heavy atom. The quantitative estimate of drug-likeness (QED) is 0.421. The lowest BCUT2D eigenvalue weighted by molar-refractivity contribution is -0.399. The van der Waals surface area contributed by atoms with E-state index < -0.39 is 17.4 Å². The average Bonchev–Trinajstić information content (AvgIpc) is 2.22. The van der Waals surface area contributed by atoms with Crippen molar-refractivity contribution >= 4 is 6.16 Å². The predicted molar refractivity (Wildman–Crippen MR) is 82.1 cm³/mol. The summed E-state index contributed by atoms with van der Waals surface area (Å²) in [6.45, 7) is 17.4. The highest BCUT2D eigenvalue weighted by atomic mass is 17.2. The second-order valence-electron chi connectivity index (χ2n) is 7.98. The predicted octanol–water partition coefficient (Wildman–Crippen LogP) is 4.65. The first-order valence-corrected chi connectivity index (χ1v) is 7.45. The van der Waals surface area contributed by atoms with Crippen LogP contribution in [0.5, 0.6) is 0 Å². The van der Waals surface area contributed by atoms with Crippen molar-refractivity contribution in [2.75, 3.05) is 0 Å². The van der Waals surface area contributed by atoms with E-state index in [-0.39, 0.29) is 17.4 Å². The summed E-state index contributed by atoms with van der Waals surface area (Å²) in [7, 11) is 0. The maximum Gasteiger partial charge on any atom is 0.506 e. The molecule has 2 unspecified atom stereocenters. The van der Waals surface area contributed by atoms with Gasteiger partial charge in [-0.25, -0.2) is 14.6 Å². The molecule has 0 fully saturated rings. The molecule has 0 spiro atoms. The summed E-state index contributed by atoms with van der Waals surface area (Å²) in [5.74, 6) is 0.254. The second-order valence-corrected chi connectivity index (χ2v) is 7.98. The molecule has 2 atom stereocenters. The van der Waals surface area contributed by atoms with Crippen LogP contribution in [0.4, 0.5) is 4.79 Å². The number of rotatable bonds is 7. The first kappa shape index (κ1) is 20.2. The zero-order chi connectivity index (χ0) is 17.1. The minimum atomic E-state index is -1.24. The van der Waals surface area contributed by atoms with Crippen molar-refractivity contribution in [2.24, 2.45) is 11.8 Å². The van der Waals surface area contributed by atoms with Crippen LogP contribution in [0, 0.1) is 11.8 Å². The molecule has 0 rings (SSSR count). The number of hydrogen-bond acceptors (Lipinski definition) is 4. The molecule has 0 amide bonds. The number of carbonyl (C=O) groups is 1. The van der Waals surface area contributed by atoms with Gasteiger partial charge in [-0.2, -0.15) is 0 Å². The molecule has 0 aliphatic heterocycles. The Morgan fingerprint density at radius 3 is 1.86 bits per heavy atom. The molecule has 0 aliphatic rings. The van der Waals surface area contributed by atoms with E-state index in [1.54, 1.807) is 13.8 Å². The highest BCUT2D eigenvalue weighted by Crippen LogP contribution is 2.34. The van der Waals surface area contributed by atoms with Crippen molar-refractivity contribution in [1.29, 1.82) is 0 Å². The standard InChI is InChI=1S/C16H32O5/c1-11(12(2)16(8,9)19-13(17)18)10-15(6,7)21-20-14(3,4)5/h11-12H,10H2,1-9H3,(H,17,18). The fourth-order valence-electron chi connectivity index (χ4n) is 2.23. The third-order valence-corrected chi connectivity index (χ3v) is 3.63. The van der Waals surface area contributed by atoms with Crippen LogP contribution in [0.1, 0.15) is 68.7 Å². The van der Waals surface area contributed by atoms with Gasteiger partial charge in [0.1, 0.15) is 5.60 Å². The van der Waals surface area contributed by atoms with Crippen molar-refractivity contribution in [3.05, 3.63) is 0 Å². The summed E-state index contributed by atoms with van der Waals surface area (Å²) in [6.07, 6.45) is -0.512. The van der Waals surface area contributed by atoms with Gasteiger partial charge in [-0.3, -0.25) is 0 Å². The van der Waals surface area contributed by atoms with E-state index in [0.717, 1.165) is 6.42 Å². The topological polar surface area (TPSA) is 65.0 Å². The molecule has 0 bridgehead atoms. The molecule has 5 heteroatoms. The Morgan fingerprint density at radius 1 is 1.00 bits per heavy atom. The molecule has 0 heterocycles. The van der Waals surface area contributed by atoms with Crippen LogP contribution in [0.15, 0.2) is 0 Å². The number of carboxylic acid groups (broad SMARTS) is 1. The molecular weight excluding hydrogens is 272 g/mol. The molecule has 1 N–H and O–H groups in total. The summed E-state index contributed by atoms with van der Waals surface area (Å²) in [6, 6.07) is 0. The maximum absolute atomic E-state index is 10.8. The van der Waals surface area contributed by atoms with Crippen LogP contribution in [0.3, 0.4) is 0 Å². The largest absolute Gasteiger partial charge is 0.506 e. The number of ether oxygens (including phenoxy) is 1. The maximum atomic E-state index is 10.8. The van der Waals surface area contributed by atoms with Crippen molar-refractivity contribution in [2.45, 2.75) is 85.5 Å². The van der Waals surface area contributed by atoms with Crippen molar-refractivity contribution in [3.8, 4) is 0 Å². The average molecular weight is 304 g/mol. The molecule has 5 nitrogen and oxygen atoms in total. The summed E-state index contributed by atoms with van der Waals surface area (Å²) in [4.78, 5) is 21.7. The van der Waals surface area contributed by atoms with Gasteiger partial charge in [-0.05, 0) is 66.7 Å². The van der Waals surface area contributed by atoms with Crippen LogP contribution in [0.2, 0.25) is 0 Å². The van der Waals surface area contributed by atoms with E-state index in [0.29, 0.717) is 0 Å². The van der Waals surface area contributed by atoms with Crippen LogP contribution in [-0.2, 0) is 14.5 Å². The molecule has 21 heavy (non-hydrogen) atoms. The molecule has 126 valence electrons. The van der Waals surface area contributed by atoms with Crippen molar-refractivity contribution in [1.82, 2.24) is 0 Å². The Bertz CT molecular complexity index is 341. The van der Waals surface area contributed by atoms with Gasteiger partial charge < -0.3 is 9.84 Å². The van der Waals surface area contributed by atoms with Crippen molar-refractivity contribution in [3.63, 3.8) is 0 Å². The molecule has 0 aromatic carbocycles. The van der Waals surface area contributed by atoms with Gasteiger partial charge in [0.05, 0.1) is 11.2 Å². The van der Waals surface area contributed by atoms with E-state index in [4.69, 9.17) is 19.6 Å². The summed E-state index contributed by atoms with van der Waals surface area (Å²) in [5, 5.41) is 8.82. The Labute approximate surface area is 128 Å². The minimum absolute atomic E-state index is 0.0473. The molecule has 0 saturated heterocycles. The molecule has 0 saturated carbocycles. The summed E-state index contributed by atoms with van der Waals surface area (Å²) >= 11 is 0. The molecule has 0 aromatic rings. The van der Waals surface area contributed by atoms with Gasteiger partial charge in [-0.15, -0.1) is 0 Å². The first-order chi connectivity index (χ1) is 9.16. The smallest absolute Gasteiger partial charge is 0.450 e. The van der Waals surface area contributed by atoms with Crippen LogP contribution in [0.25, 0.3) is 0 Å². The molecule has 0 aliphatic carbocycles. The van der Waals surface area contributed by atoms with E-state index in [1.165, 1.54) is 0 Å². The zero-order valence-corrected chi connectivity index (χ0v) is 14.9. The van der Waals surface area contributed by atoms with Crippen LogP contribution >= 0.6 is 0 Å². The lowest BCUT2D eigenvalue weighted by Gasteiger charge is -2.37. The van der Waals surface area contributed by atoms with Crippen molar-refractivity contribution < 1.29 is 24.4 Å². The zero-order valence-electron chi connectivity index (χ0n) is 14.9.